The molecule has 0 amide bonds. The Bertz CT molecular complexity index is 1550. The Labute approximate surface area is 200 Å². The van der Waals surface area contributed by atoms with Gasteiger partial charge in [0.05, 0.1) is 5.52 Å². The van der Waals surface area contributed by atoms with Gasteiger partial charge in [0, 0.05) is 13.1 Å². The van der Waals surface area contributed by atoms with Crippen molar-refractivity contribution in [1.29, 1.82) is 0 Å². The maximum absolute atomic E-state index is 14.0. The summed E-state index contributed by atoms with van der Waals surface area (Å²) in [5, 5.41) is 10.3. The fourth-order valence-corrected chi connectivity index (χ4v) is 3.87. The van der Waals surface area contributed by atoms with Gasteiger partial charge >= 0.3 is 5.69 Å². The van der Waals surface area contributed by atoms with E-state index in [0.29, 0.717) is 23.7 Å². The van der Waals surface area contributed by atoms with Crippen LogP contribution in [0.1, 0.15) is 11.1 Å². The van der Waals surface area contributed by atoms with Crippen LogP contribution >= 0.6 is 0 Å². The van der Waals surface area contributed by atoms with Crippen molar-refractivity contribution >= 4 is 11.0 Å². The van der Waals surface area contributed by atoms with Crippen molar-refractivity contribution in [3.63, 3.8) is 0 Å². The number of hydrogen-bond acceptors (Lipinski definition) is 5. The molecule has 0 aliphatic heterocycles. The van der Waals surface area contributed by atoms with Gasteiger partial charge in [-0.2, -0.15) is 4.98 Å². The van der Waals surface area contributed by atoms with Gasteiger partial charge in [-0.25, -0.2) is 9.18 Å². The van der Waals surface area contributed by atoms with E-state index < -0.39 is 17.3 Å². The van der Waals surface area contributed by atoms with Crippen LogP contribution in [0.2, 0.25) is 0 Å². The molecule has 0 atom stereocenters. The van der Waals surface area contributed by atoms with E-state index in [2.05, 4.69) is 4.98 Å². The fourth-order valence-electron chi connectivity index (χ4n) is 3.87. The number of nitrogens with zero attached hydrogens (tertiary/aromatic N) is 3. The summed E-state index contributed by atoms with van der Waals surface area (Å²) in [4.78, 5) is 17.7. The van der Waals surface area contributed by atoms with Gasteiger partial charge < -0.3 is 14.6 Å². The number of pyridine rings is 1. The summed E-state index contributed by atoms with van der Waals surface area (Å²) in [5.41, 5.74) is 2.16. The molecule has 0 saturated heterocycles. The van der Waals surface area contributed by atoms with Crippen molar-refractivity contribution in [2.24, 2.45) is 7.05 Å². The molecular formula is C27H22FN3O4. The quantitative estimate of drug-likeness (QED) is 0.371. The second-order valence-corrected chi connectivity index (χ2v) is 7.96. The number of halogens is 1. The zero-order chi connectivity index (χ0) is 24.4. The number of ether oxygens (including phenoxy) is 2. The Balaban J connectivity index is 1.58. The number of aromatic hydroxyl groups is 1. The highest BCUT2D eigenvalue weighted by molar-refractivity contribution is 5.84. The summed E-state index contributed by atoms with van der Waals surface area (Å²) in [6, 6.07) is 25.1. The van der Waals surface area contributed by atoms with Gasteiger partial charge in [-0.3, -0.25) is 9.13 Å². The summed E-state index contributed by atoms with van der Waals surface area (Å²) >= 11 is 0. The second-order valence-electron chi connectivity index (χ2n) is 7.96. The lowest BCUT2D eigenvalue weighted by atomic mass is 10.2. The fraction of sp³-hybridized carbons (Fsp3) is 0.111. The molecule has 176 valence electrons. The van der Waals surface area contributed by atoms with E-state index in [-0.39, 0.29) is 18.0 Å². The van der Waals surface area contributed by atoms with Gasteiger partial charge in [0.1, 0.15) is 24.4 Å². The average Bonchev–Trinajstić information content (AvgIpc) is 3.15. The molecule has 3 aromatic carbocycles. The first kappa shape index (κ1) is 22.2. The van der Waals surface area contributed by atoms with E-state index in [4.69, 9.17) is 9.47 Å². The van der Waals surface area contributed by atoms with Gasteiger partial charge in [-0.15, -0.1) is 0 Å². The molecule has 5 rings (SSSR count). The Morgan fingerprint density at radius 2 is 1.49 bits per heavy atom. The topological polar surface area (TPSA) is 78.5 Å². The largest absolute Gasteiger partial charge is 0.503 e. The Kier molecular flexibility index (Phi) is 5.93. The minimum Gasteiger partial charge on any atom is -0.503 e. The van der Waals surface area contributed by atoms with Crippen LogP contribution < -0.4 is 15.2 Å². The summed E-state index contributed by atoms with van der Waals surface area (Å²) in [7, 11) is 1.47. The van der Waals surface area contributed by atoms with Gasteiger partial charge in [-0.1, -0.05) is 60.7 Å². The summed E-state index contributed by atoms with van der Waals surface area (Å²) < 4.78 is 28.4. The number of imidazole rings is 1. The van der Waals surface area contributed by atoms with Crippen LogP contribution in [0.4, 0.5) is 4.39 Å². The Morgan fingerprint density at radius 3 is 2.14 bits per heavy atom. The first-order valence-corrected chi connectivity index (χ1v) is 11.0. The van der Waals surface area contributed by atoms with Crippen LogP contribution in [0.25, 0.3) is 16.7 Å². The predicted molar refractivity (Wildman–Crippen MR) is 129 cm³/mol. The number of hydrogen-bond donors (Lipinski definition) is 1. The molecule has 0 fully saturated rings. The molecule has 0 aliphatic rings. The molecule has 0 unspecified atom stereocenters. The zero-order valence-corrected chi connectivity index (χ0v) is 18.9. The number of phenols is 1. The smallest absolute Gasteiger partial charge is 0.333 e. The van der Waals surface area contributed by atoms with Crippen LogP contribution in [0.3, 0.4) is 0 Å². The van der Waals surface area contributed by atoms with Crippen molar-refractivity contribution in [2.45, 2.75) is 13.2 Å². The molecule has 5 aromatic rings. The number of benzene rings is 3. The number of rotatable bonds is 7. The van der Waals surface area contributed by atoms with E-state index in [1.165, 1.54) is 22.2 Å². The van der Waals surface area contributed by atoms with E-state index in [9.17, 15) is 14.3 Å². The normalized spacial score (nSPS) is 11.0. The zero-order valence-electron chi connectivity index (χ0n) is 18.9. The minimum atomic E-state index is -0.811. The minimum absolute atomic E-state index is 0.0772. The summed E-state index contributed by atoms with van der Waals surface area (Å²) in [6.45, 7) is 0.523. The molecule has 2 heterocycles. The first-order valence-electron chi connectivity index (χ1n) is 11.0. The molecule has 1 N–H and O–H groups in total. The number of phenolic OH excluding ortho intramolecular Hbond substituents is 1. The standard InChI is InChI=1S/C27H22FN3O4/c1-30-24-21(13-12-20(28)25(24)32)31(27(30)33)22-14-15-23(34-16-18-8-4-2-5-9-18)29-26(22)35-17-19-10-6-3-7-11-19/h2-15,32H,16-17H2,1H3. The van der Waals surface area contributed by atoms with Crippen LogP contribution in [-0.2, 0) is 20.3 Å². The third kappa shape index (κ3) is 4.33. The Hall–Kier alpha value is -4.59. The summed E-state index contributed by atoms with van der Waals surface area (Å²) in [6.07, 6.45) is 0. The van der Waals surface area contributed by atoms with Gasteiger partial charge in [0.25, 0.3) is 0 Å². The average molecular weight is 471 g/mol. The van der Waals surface area contributed by atoms with Crippen molar-refractivity contribution in [2.75, 3.05) is 0 Å². The SMILES string of the molecule is Cn1c(=O)n(-c2ccc(OCc3ccccc3)nc2OCc2ccccc2)c2ccc(F)c(O)c21. The van der Waals surface area contributed by atoms with Crippen LogP contribution in [-0.4, -0.2) is 19.2 Å². The molecule has 0 bridgehead atoms. The van der Waals surface area contributed by atoms with Crippen LogP contribution in [0.15, 0.2) is 89.7 Å². The lowest BCUT2D eigenvalue weighted by Gasteiger charge is -2.14. The van der Waals surface area contributed by atoms with Gasteiger partial charge in [0.2, 0.25) is 11.8 Å². The van der Waals surface area contributed by atoms with Crippen molar-refractivity contribution in [3.8, 4) is 23.2 Å². The van der Waals surface area contributed by atoms with Crippen LogP contribution in [0, 0.1) is 5.82 Å². The van der Waals surface area contributed by atoms with E-state index in [1.54, 1.807) is 12.1 Å². The molecule has 0 spiro atoms. The summed E-state index contributed by atoms with van der Waals surface area (Å²) in [5.74, 6) is -0.919. The number of aryl methyl sites for hydroxylation is 1. The third-order valence-electron chi connectivity index (χ3n) is 5.64. The molecule has 8 heteroatoms. The molecule has 0 radical (unpaired) electrons. The maximum atomic E-state index is 14.0. The number of aromatic nitrogens is 3. The molecule has 35 heavy (non-hydrogen) atoms. The molecule has 0 saturated carbocycles. The molecular weight excluding hydrogens is 449 g/mol. The lowest BCUT2D eigenvalue weighted by molar-refractivity contribution is 0.267. The first-order chi connectivity index (χ1) is 17.0. The lowest BCUT2D eigenvalue weighted by Crippen LogP contribution is -2.21. The highest BCUT2D eigenvalue weighted by Crippen LogP contribution is 2.31. The van der Waals surface area contributed by atoms with Crippen molar-refractivity contribution in [1.82, 2.24) is 14.1 Å². The number of fused-ring (bicyclic) bond motifs is 1. The monoisotopic (exact) mass is 471 g/mol. The van der Waals surface area contributed by atoms with Gasteiger partial charge in [0.15, 0.2) is 11.6 Å². The van der Waals surface area contributed by atoms with E-state index >= 15 is 0 Å². The van der Waals surface area contributed by atoms with Crippen LogP contribution in [0.5, 0.6) is 17.5 Å². The highest BCUT2D eigenvalue weighted by Gasteiger charge is 2.21. The molecule has 7 nitrogen and oxygen atoms in total. The maximum Gasteiger partial charge on any atom is 0.333 e. The second kappa shape index (κ2) is 9.34. The molecule has 0 aliphatic carbocycles. The van der Waals surface area contributed by atoms with Gasteiger partial charge in [-0.05, 0) is 29.3 Å². The molecule has 2 aromatic heterocycles. The van der Waals surface area contributed by atoms with E-state index in [1.807, 2.05) is 60.7 Å². The highest BCUT2D eigenvalue weighted by atomic mass is 19.1. The van der Waals surface area contributed by atoms with Crippen molar-refractivity contribution in [3.05, 3.63) is 112 Å². The third-order valence-corrected chi connectivity index (χ3v) is 5.64. The van der Waals surface area contributed by atoms with Crippen molar-refractivity contribution < 1.29 is 19.0 Å². The predicted octanol–water partition coefficient (Wildman–Crippen LogP) is 4.73. The van der Waals surface area contributed by atoms with E-state index in [0.717, 1.165) is 17.2 Å². The Morgan fingerprint density at radius 1 is 0.857 bits per heavy atom.